The molecule has 2 aliphatic heterocycles. The molecule has 3 rings (SSSR count). The number of aromatic nitrogens is 1. The average Bonchev–Trinajstić information content (AvgIpc) is 2.40. The molecule has 0 aliphatic carbocycles. The van der Waals surface area contributed by atoms with Gasteiger partial charge in [-0.15, -0.1) is 0 Å². The first-order valence-electron chi connectivity index (χ1n) is 7.16. The molecule has 0 aromatic carbocycles. The lowest BCUT2D eigenvalue weighted by Gasteiger charge is -2.42. The molecule has 2 aliphatic rings. The van der Waals surface area contributed by atoms with Crippen molar-refractivity contribution in [3.63, 3.8) is 0 Å². The van der Waals surface area contributed by atoms with E-state index < -0.39 is 0 Å². The van der Waals surface area contributed by atoms with Gasteiger partial charge in [-0.05, 0) is 24.8 Å². The molecule has 0 radical (unpaired) electrons. The first kappa shape index (κ1) is 12.5. The van der Waals surface area contributed by atoms with Crippen molar-refractivity contribution >= 4 is 5.91 Å². The van der Waals surface area contributed by atoms with Crippen LogP contribution in [0.4, 0.5) is 0 Å². The maximum atomic E-state index is 12.1. The van der Waals surface area contributed by atoms with Crippen molar-refractivity contribution in [3.05, 3.63) is 34.2 Å². The maximum Gasteiger partial charge on any atom is 0.250 e. The molecule has 102 valence electrons. The summed E-state index contributed by atoms with van der Waals surface area (Å²) in [7, 11) is 0. The largest absolute Gasteiger partial charge is 0.342 e. The van der Waals surface area contributed by atoms with E-state index >= 15 is 0 Å². The quantitative estimate of drug-likeness (QED) is 0.810. The van der Waals surface area contributed by atoms with Crippen LogP contribution in [0, 0.1) is 5.92 Å². The van der Waals surface area contributed by atoms with Crippen molar-refractivity contribution in [3.8, 4) is 0 Å². The van der Waals surface area contributed by atoms with Gasteiger partial charge >= 0.3 is 0 Å². The van der Waals surface area contributed by atoms with Gasteiger partial charge in [0.05, 0.1) is 0 Å². The molecule has 0 N–H and O–H groups in total. The predicted molar refractivity (Wildman–Crippen MR) is 73.0 cm³/mol. The monoisotopic (exact) mass is 260 g/mol. The number of amides is 1. The smallest absolute Gasteiger partial charge is 0.250 e. The van der Waals surface area contributed by atoms with E-state index in [0.29, 0.717) is 18.3 Å². The van der Waals surface area contributed by atoms with Crippen LogP contribution in [0.3, 0.4) is 0 Å². The Morgan fingerprint density at radius 1 is 1.32 bits per heavy atom. The average molecular weight is 260 g/mol. The zero-order chi connectivity index (χ0) is 13.4. The fraction of sp³-hybridized carbons (Fsp3) is 0.600. The van der Waals surface area contributed by atoms with E-state index in [1.165, 1.54) is 0 Å². The van der Waals surface area contributed by atoms with Gasteiger partial charge in [0.1, 0.15) is 0 Å². The lowest BCUT2D eigenvalue weighted by molar-refractivity contribution is -0.134. The van der Waals surface area contributed by atoms with Crippen molar-refractivity contribution in [2.75, 3.05) is 13.1 Å². The molecule has 1 aromatic heterocycles. The maximum absolute atomic E-state index is 12.1. The van der Waals surface area contributed by atoms with E-state index in [0.717, 1.165) is 38.2 Å². The zero-order valence-corrected chi connectivity index (χ0v) is 11.3. The normalized spacial score (nSPS) is 25.0. The van der Waals surface area contributed by atoms with Crippen LogP contribution in [0.1, 0.15) is 37.8 Å². The van der Waals surface area contributed by atoms with E-state index in [4.69, 9.17) is 0 Å². The molecule has 1 saturated heterocycles. The fourth-order valence-corrected chi connectivity index (χ4v) is 3.47. The Morgan fingerprint density at radius 3 is 2.95 bits per heavy atom. The Labute approximate surface area is 113 Å². The Bertz CT molecular complexity index is 549. The highest BCUT2D eigenvalue weighted by Gasteiger charge is 2.35. The van der Waals surface area contributed by atoms with Crippen LogP contribution >= 0.6 is 0 Å². The molecule has 1 fully saturated rings. The molecule has 1 aromatic rings. The second kappa shape index (κ2) is 4.83. The number of piperidine rings is 1. The van der Waals surface area contributed by atoms with Gasteiger partial charge in [-0.25, -0.2) is 0 Å². The van der Waals surface area contributed by atoms with Gasteiger partial charge in [-0.2, -0.15) is 0 Å². The highest BCUT2D eigenvalue weighted by molar-refractivity contribution is 5.76. The molecular formula is C15H20N2O2. The Morgan fingerprint density at radius 2 is 2.16 bits per heavy atom. The molecule has 3 heterocycles. The number of likely N-dealkylation sites (tertiary alicyclic amines) is 1. The number of rotatable bonds is 2. The molecule has 0 unspecified atom stereocenters. The lowest BCUT2D eigenvalue weighted by Crippen LogP contribution is -2.49. The molecule has 2 atom stereocenters. The second-order valence-electron chi connectivity index (χ2n) is 5.75. The number of carbonyl (C=O) groups excluding carboxylic acids is 1. The summed E-state index contributed by atoms with van der Waals surface area (Å²) in [4.78, 5) is 26.0. The van der Waals surface area contributed by atoms with E-state index in [2.05, 4.69) is 0 Å². The van der Waals surface area contributed by atoms with Gasteiger partial charge in [-0.3, -0.25) is 9.59 Å². The number of hydrogen-bond acceptors (Lipinski definition) is 2. The topological polar surface area (TPSA) is 42.3 Å². The first-order valence-corrected chi connectivity index (χ1v) is 7.16. The molecule has 4 heteroatoms. The van der Waals surface area contributed by atoms with Gasteiger partial charge in [0, 0.05) is 43.7 Å². The predicted octanol–water partition coefficient (Wildman–Crippen LogP) is 1.59. The summed E-state index contributed by atoms with van der Waals surface area (Å²) in [5.74, 6) is 1.04. The molecule has 19 heavy (non-hydrogen) atoms. The minimum Gasteiger partial charge on any atom is -0.342 e. The van der Waals surface area contributed by atoms with Crippen molar-refractivity contribution in [1.29, 1.82) is 0 Å². The van der Waals surface area contributed by atoms with Gasteiger partial charge in [0.25, 0.3) is 5.56 Å². The van der Waals surface area contributed by atoms with E-state index in [1.807, 2.05) is 28.5 Å². The second-order valence-corrected chi connectivity index (χ2v) is 5.75. The standard InChI is InChI=1S/C15H20N2O2/c1-2-4-14(18)16-8-11-7-12(10-16)13-5-3-6-15(19)17(13)9-11/h3,5-6,11-12H,2,4,7-10H2,1H3/t11-,12-/m1/s1. The summed E-state index contributed by atoms with van der Waals surface area (Å²) in [6.07, 6.45) is 2.65. The lowest BCUT2D eigenvalue weighted by atomic mass is 9.83. The number of pyridine rings is 1. The number of nitrogens with zero attached hydrogens (tertiary/aromatic N) is 2. The number of carbonyl (C=O) groups is 1. The van der Waals surface area contributed by atoms with Crippen molar-refractivity contribution < 1.29 is 4.79 Å². The summed E-state index contributed by atoms with van der Waals surface area (Å²) < 4.78 is 1.90. The minimum absolute atomic E-state index is 0.0977. The van der Waals surface area contributed by atoms with Crippen LogP contribution in [0.2, 0.25) is 0 Å². The molecular weight excluding hydrogens is 240 g/mol. The fourth-order valence-electron chi connectivity index (χ4n) is 3.47. The van der Waals surface area contributed by atoms with Gasteiger partial charge in [-0.1, -0.05) is 13.0 Å². The molecule has 0 saturated carbocycles. The Balaban J connectivity index is 1.88. The van der Waals surface area contributed by atoms with E-state index in [1.54, 1.807) is 6.07 Å². The van der Waals surface area contributed by atoms with Crippen LogP contribution in [0.25, 0.3) is 0 Å². The summed E-state index contributed by atoms with van der Waals surface area (Å²) in [5, 5.41) is 0. The zero-order valence-electron chi connectivity index (χ0n) is 11.3. The third-order valence-corrected chi connectivity index (χ3v) is 4.30. The third-order valence-electron chi connectivity index (χ3n) is 4.30. The van der Waals surface area contributed by atoms with Gasteiger partial charge in [0.2, 0.25) is 5.91 Å². The van der Waals surface area contributed by atoms with Crippen molar-refractivity contribution in [2.24, 2.45) is 5.92 Å². The molecule has 2 bridgehead atoms. The van der Waals surface area contributed by atoms with Crippen LogP contribution in [-0.4, -0.2) is 28.5 Å². The SMILES string of the molecule is CCCC(=O)N1C[C@H]2C[C@H](C1)c1cccc(=O)n1C2. The van der Waals surface area contributed by atoms with Crippen LogP contribution in [0.5, 0.6) is 0 Å². The van der Waals surface area contributed by atoms with Crippen molar-refractivity contribution in [1.82, 2.24) is 9.47 Å². The molecule has 0 spiro atoms. The molecule has 4 nitrogen and oxygen atoms in total. The van der Waals surface area contributed by atoms with E-state index in [9.17, 15) is 9.59 Å². The Hall–Kier alpha value is -1.58. The minimum atomic E-state index is 0.0977. The summed E-state index contributed by atoms with van der Waals surface area (Å²) in [6, 6.07) is 5.50. The summed E-state index contributed by atoms with van der Waals surface area (Å²) in [5.41, 5.74) is 1.21. The van der Waals surface area contributed by atoms with Gasteiger partial charge < -0.3 is 9.47 Å². The Kier molecular flexibility index (Phi) is 3.17. The first-order chi connectivity index (χ1) is 9.19. The highest BCUT2D eigenvalue weighted by Crippen LogP contribution is 2.35. The van der Waals surface area contributed by atoms with Gasteiger partial charge in [0.15, 0.2) is 0 Å². The van der Waals surface area contributed by atoms with Crippen molar-refractivity contribution in [2.45, 2.75) is 38.6 Å². The number of hydrogen-bond donors (Lipinski definition) is 0. The highest BCUT2D eigenvalue weighted by atomic mass is 16.2. The summed E-state index contributed by atoms with van der Waals surface area (Å²) >= 11 is 0. The number of fused-ring (bicyclic) bond motifs is 4. The summed E-state index contributed by atoms with van der Waals surface area (Å²) in [6.45, 7) is 4.40. The van der Waals surface area contributed by atoms with Crippen LogP contribution in [0.15, 0.2) is 23.0 Å². The molecule has 1 amide bonds. The van der Waals surface area contributed by atoms with Crippen LogP contribution in [-0.2, 0) is 11.3 Å². The van der Waals surface area contributed by atoms with Crippen LogP contribution < -0.4 is 5.56 Å². The third kappa shape index (κ3) is 2.20. The van der Waals surface area contributed by atoms with E-state index in [-0.39, 0.29) is 11.5 Å².